The van der Waals surface area contributed by atoms with Gasteiger partial charge in [-0.2, -0.15) is 0 Å². The Morgan fingerprint density at radius 3 is 2.27 bits per heavy atom. The van der Waals surface area contributed by atoms with Crippen molar-refractivity contribution in [3.63, 3.8) is 0 Å². The molecule has 45 heavy (non-hydrogen) atoms. The Bertz CT molecular complexity index is 1240. The Morgan fingerprint density at radius 2 is 1.69 bits per heavy atom. The average Bonchev–Trinajstić information content (AvgIpc) is 3.55. The van der Waals surface area contributed by atoms with Gasteiger partial charge in [0.1, 0.15) is 18.1 Å². The van der Waals surface area contributed by atoms with Crippen LogP contribution in [0.4, 0.5) is 4.79 Å². The summed E-state index contributed by atoms with van der Waals surface area (Å²) in [6.45, 7) is 15.2. The molecule has 1 aromatic carbocycles. The van der Waals surface area contributed by atoms with Crippen LogP contribution in [0.15, 0.2) is 42.5 Å². The highest BCUT2D eigenvalue weighted by molar-refractivity contribution is 5.98. The highest BCUT2D eigenvalue weighted by atomic mass is 16.6. The van der Waals surface area contributed by atoms with Gasteiger partial charge in [0.25, 0.3) is 0 Å². The summed E-state index contributed by atoms with van der Waals surface area (Å²) in [5.41, 5.74) is 0.143. The van der Waals surface area contributed by atoms with Gasteiger partial charge in [-0.05, 0) is 55.9 Å². The maximum Gasteiger partial charge on any atom is 0.408 e. The van der Waals surface area contributed by atoms with Gasteiger partial charge in [0, 0.05) is 18.5 Å². The minimum absolute atomic E-state index is 0.0500. The summed E-state index contributed by atoms with van der Waals surface area (Å²) in [5.74, 6) is -2.48. The quantitative estimate of drug-likeness (QED) is 0.243. The monoisotopic (exact) mass is 626 g/mol. The van der Waals surface area contributed by atoms with Gasteiger partial charge in [-0.3, -0.25) is 14.4 Å². The molecule has 6 atom stereocenters. The molecule has 1 aromatic rings. The summed E-state index contributed by atoms with van der Waals surface area (Å²) < 4.78 is 5.26. The van der Waals surface area contributed by atoms with E-state index in [0.717, 1.165) is 24.8 Å². The minimum Gasteiger partial charge on any atom is -0.480 e. The standard InChI is InChI=1S/C34H50N4O7/c1-8-13-25(21(4)29(39)36-26(32(42)43)18-22-14-10-9-11-15-22)35-30(40)27-24-17-12-16-23(24)19-38(27)31(41)28(34(5,6)7)37-33(44)45-20(2)3/h9-11,14-15,20,23-28H,4,8,12-13,16-19H2,1-3,5-7H3,(H,35,40)(H,36,39)(H,37,44)(H,42,43)/t23-,24-,25?,26-,27-,28+/m0/s1. The second-order valence-corrected chi connectivity index (χ2v) is 13.6. The van der Waals surface area contributed by atoms with Gasteiger partial charge in [0.2, 0.25) is 17.7 Å². The third-order valence-corrected chi connectivity index (χ3v) is 8.65. The lowest BCUT2D eigenvalue weighted by Crippen LogP contribution is -2.59. The zero-order valence-corrected chi connectivity index (χ0v) is 27.4. The highest BCUT2D eigenvalue weighted by Crippen LogP contribution is 2.43. The summed E-state index contributed by atoms with van der Waals surface area (Å²) in [5, 5.41) is 18.1. The molecule has 0 aromatic heterocycles. The number of carbonyl (C=O) groups excluding carboxylic acids is 4. The molecular weight excluding hydrogens is 576 g/mol. The normalized spacial score (nSPS) is 21.3. The molecule has 2 fully saturated rings. The second kappa shape index (κ2) is 15.4. The van der Waals surface area contributed by atoms with Gasteiger partial charge < -0.3 is 30.7 Å². The number of carboxylic acid groups (broad SMARTS) is 1. The molecule has 1 heterocycles. The van der Waals surface area contributed by atoms with Crippen LogP contribution in [0.1, 0.15) is 79.2 Å². The average molecular weight is 627 g/mol. The molecule has 1 unspecified atom stereocenters. The summed E-state index contributed by atoms with van der Waals surface area (Å²) >= 11 is 0. The van der Waals surface area contributed by atoms with Crippen LogP contribution >= 0.6 is 0 Å². The number of hydrogen-bond donors (Lipinski definition) is 4. The third-order valence-electron chi connectivity index (χ3n) is 8.65. The molecule has 248 valence electrons. The summed E-state index contributed by atoms with van der Waals surface area (Å²) in [6, 6.07) is 5.34. The van der Waals surface area contributed by atoms with Crippen molar-refractivity contribution in [2.24, 2.45) is 17.3 Å². The third kappa shape index (κ3) is 9.31. The van der Waals surface area contributed by atoms with Crippen LogP contribution in [0.25, 0.3) is 0 Å². The van der Waals surface area contributed by atoms with E-state index in [9.17, 15) is 29.1 Å². The largest absolute Gasteiger partial charge is 0.480 e. The zero-order valence-electron chi connectivity index (χ0n) is 27.4. The predicted molar refractivity (Wildman–Crippen MR) is 170 cm³/mol. The first-order chi connectivity index (χ1) is 21.1. The number of nitrogens with zero attached hydrogens (tertiary/aromatic N) is 1. The van der Waals surface area contributed by atoms with Gasteiger partial charge in [-0.15, -0.1) is 0 Å². The van der Waals surface area contributed by atoms with E-state index >= 15 is 0 Å². The number of rotatable bonds is 13. The van der Waals surface area contributed by atoms with Crippen LogP contribution < -0.4 is 16.0 Å². The first-order valence-corrected chi connectivity index (χ1v) is 16.0. The molecule has 1 aliphatic heterocycles. The van der Waals surface area contributed by atoms with E-state index in [4.69, 9.17) is 4.74 Å². The predicted octanol–water partition coefficient (Wildman–Crippen LogP) is 3.82. The van der Waals surface area contributed by atoms with Gasteiger partial charge >= 0.3 is 12.1 Å². The minimum atomic E-state index is -1.18. The maximum absolute atomic E-state index is 14.1. The molecular formula is C34H50N4O7. The molecule has 11 nitrogen and oxygen atoms in total. The van der Waals surface area contributed by atoms with Crippen molar-refractivity contribution in [1.29, 1.82) is 0 Å². The number of carboxylic acids is 1. The van der Waals surface area contributed by atoms with Crippen molar-refractivity contribution in [1.82, 2.24) is 20.9 Å². The fourth-order valence-electron chi connectivity index (χ4n) is 6.39. The van der Waals surface area contributed by atoms with Gasteiger partial charge in [0.05, 0.1) is 12.1 Å². The van der Waals surface area contributed by atoms with Gasteiger partial charge in [-0.1, -0.05) is 77.4 Å². The molecule has 0 radical (unpaired) electrons. The van der Waals surface area contributed by atoms with Crippen LogP contribution in [-0.2, 0) is 30.3 Å². The summed E-state index contributed by atoms with van der Waals surface area (Å²) in [7, 11) is 0. The number of fused-ring (bicyclic) bond motifs is 1. The van der Waals surface area contributed by atoms with Gasteiger partial charge in [0.15, 0.2) is 0 Å². The lowest BCUT2D eigenvalue weighted by Gasteiger charge is -2.36. The molecule has 1 aliphatic carbocycles. The van der Waals surface area contributed by atoms with Crippen LogP contribution in [0.5, 0.6) is 0 Å². The topological polar surface area (TPSA) is 154 Å². The van der Waals surface area contributed by atoms with Crippen molar-refractivity contribution in [2.75, 3.05) is 6.54 Å². The van der Waals surface area contributed by atoms with Crippen molar-refractivity contribution in [3.8, 4) is 0 Å². The van der Waals surface area contributed by atoms with E-state index in [0.29, 0.717) is 19.4 Å². The highest BCUT2D eigenvalue weighted by Gasteiger charge is 2.52. The number of alkyl carbamates (subject to hydrolysis) is 1. The SMILES string of the molecule is C=C(C(=O)N[C@@H](Cc1ccccc1)C(=O)O)C(CCC)NC(=O)[C@@H]1[C@H]2CCC[C@H]2CN1C(=O)[C@@H](NC(=O)OC(C)C)C(C)(C)C. The van der Waals surface area contributed by atoms with Crippen LogP contribution in [0.2, 0.25) is 0 Å². The van der Waals surface area contributed by atoms with E-state index < -0.39 is 47.6 Å². The van der Waals surface area contributed by atoms with Gasteiger partial charge in [-0.25, -0.2) is 9.59 Å². The van der Waals surface area contributed by atoms with E-state index in [1.165, 1.54) is 0 Å². The van der Waals surface area contributed by atoms with Crippen LogP contribution in [0, 0.1) is 17.3 Å². The zero-order chi connectivity index (χ0) is 33.5. The molecule has 2 aliphatic rings. The Morgan fingerprint density at radius 1 is 1.02 bits per heavy atom. The molecule has 3 rings (SSSR count). The lowest BCUT2D eigenvalue weighted by atomic mass is 9.85. The molecule has 4 N–H and O–H groups in total. The number of benzene rings is 1. The summed E-state index contributed by atoms with van der Waals surface area (Å²) in [6.07, 6.45) is 2.69. The molecule has 0 bridgehead atoms. The molecule has 0 spiro atoms. The molecule has 1 saturated carbocycles. The fourth-order valence-corrected chi connectivity index (χ4v) is 6.39. The first-order valence-electron chi connectivity index (χ1n) is 16.0. The van der Waals surface area contributed by atoms with Crippen molar-refractivity contribution < 1.29 is 33.8 Å². The fraction of sp³-hybridized carbons (Fsp3) is 0.618. The summed E-state index contributed by atoms with van der Waals surface area (Å²) in [4.78, 5) is 67.5. The Hall–Kier alpha value is -3.89. The number of likely N-dealkylation sites (tertiary alicyclic amines) is 1. The van der Waals surface area contributed by atoms with Crippen molar-refractivity contribution >= 4 is 29.8 Å². The van der Waals surface area contributed by atoms with Crippen LogP contribution in [-0.4, -0.2) is 76.6 Å². The van der Waals surface area contributed by atoms with E-state index in [1.807, 2.05) is 33.8 Å². The van der Waals surface area contributed by atoms with Crippen LogP contribution in [0.3, 0.4) is 0 Å². The number of aliphatic carboxylic acids is 1. The Balaban J connectivity index is 1.79. The van der Waals surface area contributed by atoms with E-state index in [2.05, 4.69) is 22.5 Å². The number of hydrogen-bond acceptors (Lipinski definition) is 6. The molecule has 11 heteroatoms. The van der Waals surface area contributed by atoms with Crippen molar-refractivity contribution in [2.45, 2.75) is 110 Å². The lowest BCUT2D eigenvalue weighted by molar-refractivity contribution is -0.143. The maximum atomic E-state index is 14.1. The second-order valence-electron chi connectivity index (χ2n) is 13.6. The number of carbonyl (C=O) groups is 5. The first kappa shape index (κ1) is 35.6. The smallest absolute Gasteiger partial charge is 0.408 e. The van der Waals surface area contributed by atoms with E-state index in [-0.39, 0.29) is 41.7 Å². The Kier molecular flexibility index (Phi) is 12.2. The molecule has 4 amide bonds. The number of amides is 4. The van der Waals surface area contributed by atoms with E-state index in [1.54, 1.807) is 43.0 Å². The van der Waals surface area contributed by atoms with Crippen molar-refractivity contribution in [3.05, 3.63) is 48.0 Å². The Labute approximate surface area is 266 Å². The molecule has 1 saturated heterocycles. The number of nitrogens with one attached hydrogen (secondary N) is 3. The number of ether oxygens (including phenoxy) is 1.